The van der Waals surface area contributed by atoms with Gasteiger partial charge in [-0.1, -0.05) is 12.1 Å². The Hall–Kier alpha value is -3.62. The molecule has 0 bridgehead atoms. The molecule has 0 unspecified atom stereocenters. The predicted octanol–water partition coefficient (Wildman–Crippen LogP) is 3.22. The maximum absolute atomic E-state index is 10.8. The molecule has 0 radical (unpaired) electrons. The number of nitrogens with zero attached hydrogens (tertiary/aromatic N) is 4. The molecule has 23 heavy (non-hydrogen) atoms. The standard InChI is InChI=1S/C14H8N4O5/c19-17(20)11-5-1-3-9(7-11)13-15-16-14(23-13)10-4-2-6-12(8-10)18(21)22/h1-8H. The van der Waals surface area contributed by atoms with E-state index < -0.39 is 9.85 Å². The van der Waals surface area contributed by atoms with Crippen molar-refractivity contribution in [2.45, 2.75) is 0 Å². The molecule has 3 rings (SSSR count). The zero-order valence-corrected chi connectivity index (χ0v) is 11.4. The van der Waals surface area contributed by atoms with Gasteiger partial charge in [-0.2, -0.15) is 0 Å². The van der Waals surface area contributed by atoms with E-state index >= 15 is 0 Å². The molecule has 0 spiro atoms. The van der Waals surface area contributed by atoms with E-state index in [0.717, 1.165) is 0 Å². The molecule has 0 fully saturated rings. The van der Waals surface area contributed by atoms with E-state index in [1.165, 1.54) is 36.4 Å². The summed E-state index contributed by atoms with van der Waals surface area (Å²) in [5.74, 6) is 0.186. The maximum atomic E-state index is 10.8. The number of nitro benzene ring substituents is 2. The van der Waals surface area contributed by atoms with Gasteiger partial charge in [-0.3, -0.25) is 20.2 Å². The topological polar surface area (TPSA) is 125 Å². The molecular weight excluding hydrogens is 304 g/mol. The van der Waals surface area contributed by atoms with Crippen molar-refractivity contribution >= 4 is 11.4 Å². The van der Waals surface area contributed by atoms with Crippen molar-refractivity contribution in [3.05, 3.63) is 68.8 Å². The third-order valence-corrected chi connectivity index (χ3v) is 3.03. The van der Waals surface area contributed by atoms with Crippen molar-refractivity contribution in [2.24, 2.45) is 0 Å². The quantitative estimate of drug-likeness (QED) is 0.534. The van der Waals surface area contributed by atoms with E-state index in [1.807, 2.05) is 0 Å². The highest BCUT2D eigenvalue weighted by molar-refractivity contribution is 5.61. The third kappa shape index (κ3) is 2.88. The van der Waals surface area contributed by atoms with E-state index in [9.17, 15) is 20.2 Å². The molecule has 1 aromatic heterocycles. The van der Waals surface area contributed by atoms with Gasteiger partial charge in [0.25, 0.3) is 11.4 Å². The van der Waals surface area contributed by atoms with Crippen molar-refractivity contribution in [2.75, 3.05) is 0 Å². The second-order valence-electron chi connectivity index (χ2n) is 4.53. The number of hydrogen-bond donors (Lipinski definition) is 0. The number of aromatic nitrogens is 2. The minimum Gasteiger partial charge on any atom is -0.416 e. The highest BCUT2D eigenvalue weighted by atomic mass is 16.6. The normalized spacial score (nSPS) is 10.4. The smallest absolute Gasteiger partial charge is 0.270 e. The fourth-order valence-corrected chi connectivity index (χ4v) is 1.96. The minimum atomic E-state index is -0.526. The first-order valence-electron chi connectivity index (χ1n) is 6.38. The molecule has 0 aliphatic carbocycles. The maximum Gasteiger partial charge on any atom is 0.270 e. The molecule has 1 heterocycles. The number of rotatable bonds is 4. The van der Waals surface area contributed by atoms with E-state index in [4.69, 9.17) is 4.42 Å². The Bertz CT molecular complexity index is 833. The lowest BCUT2D eigenvalue weighted by molar-refractivity contribution is -0.385. The fraction of sp³-hybridized carbons (Fsp3) is 0. The molecule has 0 N–H and O–H groups in total. The Labute approximate surface area is 128 Å². The second-order valence-corrected chi connectivity index (χ2v) is 4.53. The molecule has 0 saturated carbocycles. The Morgan fingerprint density at radius 3 is 1.61 bits per heavy atom. The summed E-state index contributed by atoms with van der Waals surface area (Å²) < 4.78 is 5.46. The van der Waals surface area contributed by atoms with Crippen LogP contribution in [0, 0.1) is 20.2 Å². The van der Waals surface area contributed by atoms with Crippen LogP contribution in [0.15, 0.2) is 52.9 Å². The van der Waals surface area contributed by atoms with Crippen LogP contribution in [-0.4, -0.2) is 20.0 Å². The van der Waals surface area contributed by atoms with Gasteiger partial charge in [0.15, 0.2) is 0 Å². The average Bonchev–Trinajstić information content (AvgIpc) is 3.05. The highest BCUT2D eigenvalue weighted by Gasteiger charge is 2.15. The fourth-order valence-electron chi connectivity index (χ4n) is 1.96. The van der Waals surface area contributed by atoms with Gasteiger partial charge in [-0.15, -0.1) is 10.2 Å². The lowest BCUT2D eigenvalue weighted by atomic mass is 10.2. The van der Waals surface area contributed by atoms with Gasteiger partial charge in [-0.25, -0.2) is 0 Å². The van der Waals surface area contributed by atoms with Crippen LogP contribution in [0.5, 0.6) is 0 Å². The van der Waals surface area contributed by atoms with Crippen molar-refractivity contribution < 1.29 is 14.3 Å². The van der Waals surface area contributed by atoms with Gasteiger partial charge in [0.1, 0.15) is 0 Å². The second kappa shape index (κ2) is 5.64. The minimum absolute atomic E-state index is 0.0928. The Morgan fingerprint density at radius 2 is 1.22 bits per heavy atom. The van der Waals surface area contributed by atoms with Gasteiger partial charge in [0.05, 0.1) is 9.85 Å². The van der Waals surface area contributed by atoms with Gasteiger partial charge in [0, 0.05) is 35.4 Å². The molecule has 0 saturated heterocycles. The molecule has 0 aliphatic rings. The third-order valence-electron chi connectivity index (χ3n) is 3.03. The van der Waals surface area contributed by atoms with Crippen molar-refractivity contribution in [1.29, 1.82) is 0 Å². The monoisotopic (exact) mass is 312 g/mol. The Morgan fingerprint density at radius 1 is 0.783 bits per heavy atom. The Balaban J connectivity index is 1.97. The summed E-state index contributed by atoms with van der Waals surface area (Å²) in [7, 11) is 0. The number of nitro groups is 2. The number of benzene rings is 2. The summed E-state index contributed by atoms with van der Waals surface area (Å²) in [5, 5.41) is 29.2. The summed E-state index contributed by atoms with van der Waals surface area (Å²) in [5.41, 5.74) is 0.585. The number of hydrogen-bond acceptors (Lipinski definition) is 7. The molecule has 0 atom stereocenters. The van der Waals surface area contributed by atoms with Crippen LogP contribution in [0.1, 0.15) is 0 Å². The molecule has 0 aliphatic heterocycles. The van der Waals surface area contributed by atoms with E-state index in [-0.39, 0.29) is 23.2 Å². The molecule has 9 nitrogen and oxygen atoms in total. The Kier molecular flexibility index (Phi) is 3.51. The zero-order valence-electron chi connectivity index (χ0n) is 11.4. The highest BCUT2D eigenvalue weighted by Crippen LogP contribution is 2.27. The zero-order chi connectivity index (χ0) is 16.4. The predicted molar refractivity (Wildman–Crippen MR) is 78.5 cm³/mol. The van der Waals surface area contributed by atoms with E-state index in [0.29, 0.717) is 11.1 Å². The van der Waals surface area contributed by atoms with Crippen LogP contribution in [0.3, 0.4) is 0 Å². The molecule has 3 aromatic rings. The summed E-state index contributed by atoms with van der Waals surface area (Å²) in [4.78, 5) is 20.5. The summed E-state index contributed by atoms with van der Waals surface area (Å²) in [6.45, 7) is 0. The first-order valence-corrected chi connectivity index (χ1v) is 6.38. The van der Waals surface area contributed by atoms with Crippen molar-refractivity contribution in [3.8, 4) is 22.9 Å². The lowest BCUT2D eigenvalue weighted by Crippen LogP contribution is -1.88. The van der Waals surface area contributed by atoms with Crippen LogP contribution in [-0.2, 0) is 0 Å². The van der Waals surface area contributed by atoms with Gasteiger partial charge < -0.3 is 4.42 Å². The summed E-state index contributed by atoms with van der Waals surface area (Å²) in [6.07, 6.45) is 0. The molecule has 9 heteroatoms. The van der Waals surface area contributed by atoms with Crippen molar-refractivity contribution in [3.63, 3.8) is 0 Å². The first-order chi connectivity index (χ1) is 11.0. The summed E-state index contributed by atoms with van der Waals surface area (Å²) >= 11 is 0. The van der Waals surface area contributed by atoms with E-state index in [2.05, 4.69) is 10.2 Å². The van der Waals surface area contributed by atoms with Gasteiger partial charge >= 0.3 is 0 Å². The van der Waals surface area contributed by atoms with Crippen LogP contribution < -0.4 is 0 Å². The van der Waals surface area contributed by atoms with Crippen molar-refractivity contribution in [1.82, 2.24) is 10.2 Å². The van der Waals surface area contributed by atoms with E-state index in [1.54, 1.807) is 12.1 Å². The molecule has 0 amide bonds. The first kappa shape index (κ1) is 14.3. The lowest BCUT2D eigenvalue weighted by Gasteiger charge is -1.96. The molecule has 2 aromatic carbocycles. The van der Waals surface area contributed by atoms with Crippen LogP contribution in [0.2, 0.25) is 0 Å². The number of non-ortho nitro benzene ring substituents is 2. The molecular formula is C14H8N4O5. The van der Waals surface area contributed by atoms with Crippen LogP contribution in [0.25, 0.3) is 22.9 Å². The van der Waals surface area contributed by atoms with Crippen LogP contribution >= 0.6 is 0 Å². The molecule has 114 valence electrons. The SMILES string of the molecule is O=[N+]([O-])c1cccc(-c2nnc(-c3cccc([N+](=O)[O-])c3)o2)c1. The van der Waals surface area contributed by atoms with Crippen LogP contribution in [0.4, 0.5) is 11.4 Å². The van der Waals surface area contributed by atoms with Gasteiger partial charge in [-0.05, 0) is 12.1 Å². The average molecular weight is 312 g/mol. The van der Waals surface area contributed by atoms with Gasteiger partial charge in [0.2, 0.25) is 11.8 Å². The largest absolute Gasteiger partial charge is 0.416 e. The summed E-state index contributed by atoms with van der Waals surface area (Å²) in [6, 6.07) is 11.5.